The number of aryl methyl sites for hydroxylation is 2. The summed E-state index contributed by atoms with van der Waals surface area (Å²) in [6, 6.07) is 0. The van der Waals surface area contributed by atoms with E-state index >= 15 is 0 Å². The quantitative estimate of drug-likeness (QED) is 0.765. The zero-order valence-electron chi connectivity index (χ0n) is 8.21. The van der Waals surface area contributed by atoms with Crippen LogP contribution in [-0.2, 0) is 17.6 Å². The molecule has 0 aromatic carbocycles. The van der Waals surface area contributed by atoms with E-state index in [1.54, 1.807) is 0 Å². The van der Waals surface area contributed by atoms with Crippen molar-refractivity contribution in [3.8, 4) is 0 Å². The first-order valence-corrected chi connectivity index (χ1v) is 5.00. The van der Waals surface area contributed by atoms with E-state index in [0.717, 1.165) is 30.7 Å². The first kappa shape index (κ1) is 9.24. The van der Waals surface area contributed by atoms with E-state index in [0.29, 0.717) is 0 Å². The molecule has 0 aliphatic heterocycles. The number of carboxylic acid groups (broad SMARTS) is 1. The number of nitrogens with one attached hydrogen (secondary N) is 1. The molecule has 1 aromatic heterocycles. The summed E-state index contributed by atoms with van der Waals surface area (Å²) in [5.41, 5.74) is 3.37. The fourth-order valence-corrected chi connectivity index (χ4v) is 2.25. The first-order valence-electron chi connectivity index (χ1n) is 5.00. The number of carbonyl (C=O) groups is 1. The van der Waals surface area contributed by atoms with Gasteiger partial charge >= 0.3 is 5.97 Å². The molecule has 0 fully saturated rings. The monoisotopic (exact) mass is 194 g/mol. The van der Waals surface area contributed by atoms with E-state index in [-0.39, 0.29) is 12.3 Å². The Labute approximate surface area is 82.3 Å². The van der Waals surface area contributed by atoms with Crippen LogP contribution >= 0.6 is 0 Å². The van der Waals surface area contributed by atoms with Gasteiger partial charge in [-0.15, -0.1) is 0 Å². The van der Waals surface area contributed by atoms with Crippen LogP contribution in [0.3, 0.4) is 0 Å². The summed E-state index contributed by atoms with van der Waals surface area (Å²) >= 11 is 0. The fourth-order valence-electron chi connectivity index (χ4n) is 2.25. The Morgan fingerprint density at radius 2 is 2.50 bits per heavy atom. The molecule has 1 aliphatic carbocycles. The minimum absolute atomic E-state index is 0.177. The van der Waals surface area contributed by atoms with E-state index in [4.69, 9.17) is 5.11 Å². The molecule has 0 saturated carbocycles. The molecule has 0 amide bonds. The maximum absolute atomic E-state index is 10.7. The molecular formula is C10H14N2O2. The van der Waals surface area contributed by atoms with Crippen LogP contribution in [0.25, 0.3) is 0 Å². The number of carboxylic acids is 1. The van der Waals surface area contributed by atoms with Gasteiger partial charge < -0.3 is 5.11 Å². The lowest BCUT2D eigenvalue weighted by Crippen LogP contribution is -2.04. The number of fused-ring (bicyclic) bond motifs is 1. The molecule has 4 nitrogen and oxygen atoms in total. The van der Waals surface area contributed by atoms with Crippen molar-refractivity contribution in [2.75, 3.05) is 0 Å². The molecule has 1 atom stereocenters. The molecule has 1 heterocycles. The Morgan fingerprint density at radius 1 is 1.71 bits per heavy atom. The number of aromatic nitrogens is 2. The van der Waals surface area contributed by atoms with Crippen molar-refractivity contribution in [3.05, 3.63) is 17.0 Å². The molecule has 2 N–H and O–H groups in total. The number of hydrogen-bond donors (Lipinski definition) is 2. The van der Waals surface area contributed by atoms with Crippen molar-refractivity contribution in [3.63, 3.8) is 0 Å². The van der Waals surface area contributed by atoms with Gasteiger partial charge in [-0.05, 0) is 30.7 Å². The summed E-state index contributed by atoms with van der Waals surface area (Å²) in [6.45, 7) is 2.05. The Bertz CT molecular complexity index is 357. The molecule has 76 valence electrons. The number of nitrogens with zero attached hydrogens (tertiary/aromatic N) is 1. The van der Waals surface area contributed by atoms with E-state index in [1.165, 1.54) is 5.56 Å². The van der Waals surface area contributed by atoms with Crippen LogP contribution in [0.4, 0.5) is 0 Å². The summed E-state index contributed by atoms with van der Waals surface area (Å²) in [5, 5.41) is 16.0. The number of H-pyrrole nitrogens is 1. The van der Waals surface area contributed by atoms with E-state index in [1.807, 2.05) is 6.92 Å². The van der Waals surface area contributed by atoms with Gasteiger partial charge in [-0.2, -0.15) is 5.10 Å². The van der Waals surface area contributed by atoms with Crippen LogP contribution < -0.4 is 0 Å². The number of rotatable bonds is 3. The van der Waals surface area contributed by atoms with E-state index in [9.17, 15) is 4.79 Å². The predicted molar refractivity (Wildman–Crippen MR) is 51.3 cm³/mol. The lowest BCUT2D eigenvalue weighted by Gasteiger charge is -2.07. The average Bonchev–Trinajstić information content (AvgIpc) is 2.67. The summed E-state index contributed by atoms with van der Waals surface area (Å²) in [6.07, 6.45) is 3.00. The highest BCUT2D eigenvalue weighted by Gasteiger charge is 2.29. The van der Waals surface area contributed by atoms with Crippen molar-refractivity contribution in [1.29, 1.82) is 0 Å². The van der Waals surface area contributed by atoms with Crippen LogP contribution in [0.15, 0.2) is 0 Å². The van der Waals surface area contributed by atoms with Crippen molar-refractivity contribution in [1.82, 2.24) is 10.2 Å². The van der Waals surface area contributed by atoms with E-state index in [2.05, 4.69) is 10.2 Å². The molecule has 0 bridgehead atoms. The zero-order valence-corrected chi connectivity index (χ0v) is 8.21. The average molecular weight is 194 g/mol. The van der Waals surface area contributed by atoms with Gasteiger partial charge in [-0.1, -0.05) is 6.92 Å². The topological polar surface area (TPSA) is 66.0 Å². The molecule has 4 heteroatoms. The number of aromatic amines is 1. The van der Waals surface area contributed by atoms with Gasteiger partial charge in [0.15, 0.2) is 0 Å². The second-order valence-corrected chi connectivity index (χ2v) is 3.75. The van der Waals surface area contributed by atoms with Crippen LogP contribution in [0.1, 0.15) is 42.6 Å². The SMILES string of the molecule is CCc1n[nH]c2c1C(CC(=O)O)CC2. The number of hydrogen-bond acceptors (Lipinski definition) is 2. The van der Waals surface area contributed by atoms with Crippen LogP contribution in [0, 0.1) is 0 Å². The molecule has 0 spiro atoms. The van der Waals surface area contributed by atoms with Gasteiger partial charge in [0.1, 0.15) is 0 Å². The Hall–Kier alpha value is -1.32. The molecule has 1 aromatic rings. The number of aliphatic carboxylic acids is 1. The molecule has 2 rings (SSSR count). The third-order valence-corrected chi connectivity index (χ3v) is 2.87. The third-order valence-electron chi connectivity index (χ3n) is 2.87. The molecule has 1 aliphatic rings. The highest BCUT2D eigenvalue weighted by Crippen LogP contribution is 2.36. The van der Waals surface area contributed by atoms with Crippen molar-refractivity contribution >= 4 is 5.97 Å². The second-order valence-electron chi connectivity index (χ2n) is 3.75. The Kier molecular flexibility index (Phi) is 2.27. The molecule has 14 heavy (non-hydrogen) atoms. The molecule has 1 unspecified atom stereocenters. The predicted octanol–water partition coefficient (Wildman–Crippen LogP) is 1.48. The summed E-state index contributed by atoms with van der Waals surface area (Å²) < 4.78 is 0. The summed E-state index contributed by atoms with van der Waals surface area (Å²) in [4.78, 5) is 10.7. The van der Waals surface area contributed by atoms with Gasteiger partial charge in [0.25, 0.3) is 0 Å². The summed E-state index contributed by atoms with van der Waals surface area (Å²) in [5.74, 6) is -0.540. The van der Waals surface area contributed by atoms with Crippen molar-refractivity contribution in [2.45, 2.75) is 38.5 Å². The van der Waals surface area contributed by atoms with Crippen LogP contribution in [0.2, 0.25) is 0 Å². The minimum Gasteiger partial charge on any atom is -0.481 e. The fraction of sp³-hybridized carbons (Fsp3) is 0.600. The maximum atomic E-state index is 10.7. The van der Waals surface area contributed by atoms with Gasteiger partial charge in [0, 0.05) is 5.69 Å². The highest BCUT2D eigenvalue weighted by molar-refractivity contribution is 5.68. The lowest BCUT2D eigenvalue weighted by atomic mass is 9.97. The lowest BCUT2D eigenvalue weighted by molar-refractivity contribution is -0.137. The molecular weight excluding hydrogens is 180 g/mol. The third kappa shape index (κ3) is 1.41. The molecule has 0 saturated heterocycles. The normalized spacial score (nSPS) is 19.6. The van der Waals surface area contributed by atoms with E-state index < -0.39 is 5.97 Å². The van der Waals surface area contributed by atoms with Gasteiger partial charge in [0.2, 0.25) is 0 Å². The minimum atomic E-state index is -0.717. The Morgan fingerprint density at radius 3 is 3.14 bits per heavy atom. The van der Waals surface area contributed by atoms with Gasteiger partial charge in [0.05, 0.1) is 12.1 Å². The Balaban J connectivity index is 2.26. The largest absolute Gasteiger partial charge is 0.481 e. The molecule has 0 radical (unpaired) electrons. The van der Waals surface area contributed by atoms with Crippen molar-refractivity contribution < 1.29 is 9.90 Å². The zero-order chi connectivity index (χ0) is 10.1. The maximum Gasteiger partial charge on any atom is 0.303 e. The van der Waals surface area contributed by atoms with Gasteiger partial charge in [-0.3, -0.25) is 9.89 Å². The smallest absolute Gasteiger partial charge is 0.303 e. The van der Waals surface area contributed by atoms with Crippen LogP contribution in [-0.4, -0.2) is 21.3 Å². The van der Waals surface area contributed by atoms with Crippen molar-refractivity contribution in [2.24, 2.45) is 0 Å². The van der Waals surface area contributed by atoms with Gasteiger partial charge in [-0.25, -0.2) is 0 Å². The first-order chi connectivity index (χ1) is 6.72. The van der Waals surface area contributed by atoms with Crippen LogP contribution in [0.5, 0.6) is 0 Å². The summed E-state index contributed by atoms with van der Waals surface area (Å²) in [7, 11) is 0. The highest BCUT2D eigenvalue weighted by atomic mass is 16.4. The standard InChI is InChI=1S/C10H14N2O2/c1-2-7-10-6(5-9(13)14)3-4-8(10)12-11-7/h6H,2-5H2,1H3,(H,11,12)(H,13,14). The second kappa shape index (κ2) is 3.44.